The van der Waals surface area contributed by atoms with Gasteiger partial charge in [0.2, 0.25) is 0 Å². The molecule has 0 aliphatic rings. The monoisotopic (exact) mass is 341 g/mol. The summed E-state index contributed by atoms with van der Waals surface area (Å²) in [6.45, 7) is 3.77. The number of hydrogen-bond donors (Lipinski definition) is 0. The number of nitrogens with zero attached hydrogens (tertiary/aromatic N) is 1. The number of aryl methyl sites for hydroxylation is 1. The predicted molar refractivity (Wildman–Crippen MR) is 96.2 cm³/mol. The number of halogens is 2. The average Bonchev–Trinajstić information content (AvgIpc) is 2.61. The van der Waals surface area contributed by atoms with Crippen molar-refractivity contribution in [3.05, 3.63) is 83.9 Å². The Hall–Kier alpha value is -2.20. The van der Waals surface area contributed by atoms with Crippen molar-refractivity contribution >= 4 is 22.7 Å². The highest BCUT2D eigenvalue weighted by atomic mass is 32.2. The third kappa shape index (κ3) is 3.65. The van der Waals surface area contributed by atoms with E-state index in [9.17, 15) is 8.78 Å². The van der Waals surface area contributed by atoms with E-state index in [2.05, 4.69) is 17.6 Å². The molecule has 3 rings (SSSR count). The van der Waals surface area contributed by atoms with Gasteiger partial charge in [-0.1, -0.05) is 36.4 Å². The van der Waals surface area contributed by atoms with E-state index in [0.29, 0.717) is 11.3 Å². The lowest BCUT2D eigenvalue weighted by Crippen LogP contribution is -1.94. The summed E-state index contributed by atoms with van der Waals surface area (Å²) >= 11 is 1.42. The Morgan fingerprint density at radius 1 is 1.04 bits per heavy atom. The first-order valence-electron chi connectivity index (χ1n) is 7.74. The zero-order chi connectivity index (χ0) is 16.9. The maximum atomic E-state index is 13.8. The van der Waals surface area contributed by atoms with Gasteiger partial charge in [-0.2, -0.15) is 0 Å². The molecule has 0 aliphatic heterocycles. The Bertz CT molecular complexity index is 877. The van der Waals surface area contributed by atoms with Crippen LogP contribution in [0.2, 0.25) is 0 Å². The number of benzene rings is 2. The topological polar surface area (TPSA) is 12.9 Å². The summed E-state index contributed by atoms with van der Waals surface area (Å²) < 4.78 is 27.1. The van der Waals surface area contributed by atoms with Crippen molar-refractivity contribution in [1.82, 2.24) is 4.98 Å². The highest BCUT2D eigenvalue weighted by molar-refractivity contribution is 7.98. The minimum Gasteiger partial charge on any atom is -0.241 e. The smallest absolute Gasteiger partial charge is 0.162 e. The molecule has 0 aliphatic carbocycles. The molecule has 0 fully saturated rings. The van der Waals surface area contributed by atoms with E-state index in [1.807, 2.05) is 30.3 Å². The molecule has 3 aromatic rings. The van der Waals surface area contributed by atoms with E-state index in [4.69, 9.17) is 0 Å². The summed E-state index contributed by atoms with van der Waals surface area (Å²) in [5, 5.41) is 1.94. The SMILES string of the molecule is C=CCCc1cc(SCc2cccc(F)c2F)nc2ccccc12. The highest BCUT2D eigenvalue weighted by Gasteiger charge is 2.10. The van der Waals surface area contributed by atoms with Crippen LogP contribution in [0.25, 0.3) is 10.9 Å². The fourth-order valence-electron chi connectivity index (χ4n) is 2.57. The number of hydrogen-bond acceptors (Lipinski definition) is 2. The first kappa shape index (κ1) is 16.7. The molecule has 1 heterocycles. The lowest BCUT2D eigenvalue weighted by atomic mass is 10.0. The quantitative estimate of drug-likeness (QED) is 0.407. The van der Waals surface area contributed by atoms with Gasteiger partial charge in [0.25, 0.3) is 0 Å². The molecule has 2 aromatic carbocycles. The Morgan fingerprint density at radius 3 is 2.71 bits per heavy atom. The van der Waals surface area contributed by atoms with Gasteiger partial charge in [0.05, 0.1) is 10.5 Å². The predicted octanol–water partition coefficient (Wildman–Crippen LogP) is 5.92. The van der Waals surface area contributed by atoms with Crippen molar-refractivity contribution in [2.45, 2.75) is 23.6 Å². The lowest BCUT2D eigenvalue weighted by molar-refractivity contribution is 0.502. The van der Waals surface area contributed by atoms with Crippen LogP contribution in [0.1, 0.15) is 17.5 Å². The molecule has 0 spiro atoms. The van der Waals surface area contributed by atoms with Crippen LogP contribution in [0.3, 0.4) is 0 Å². The van der Waals surface area contributed by atoms with Crippen molar-refractivity contribution in [3.8, 4) is 0 Å². The number of allylic oxidation sites excluding steroid dienone is 1. The van der Waals surface area contributed by atoms with Crippen molar-refractivity contribution in [2.24, 2.45) is 0 Å². The van der Waals surface area contributed by atoms with Crippen LogP contribution >= 0.6 is 11.8 Å². The van der Waals surface area contributed by atoms with E-state index in [1.54, 1.807) is 6.07 Å². The first-order valence-corrected chi connectivity index (χ1v) is 8.73. The molecular weight excluding hydrogens is 324 g/mol. The zero-order valence-electron chi connectivity index (χ0n) is 13.1. The van der Waals surface area contributed by atoms with Crippen LogP contribution in [0, 0.1) is 11.6 Å². The van der Waals surface area contributed by atoms with E-state index < -0.39 is 11.6 Å². The molecule has 0 amide bonds. The number of thioether (sulfide) groups is 1. The van der Waals surface area contributed by atoms with Gasteiger partial charge < -0.3 is 0 Å². The molecule has 0 atom stereocenters. The van der Waals surface area contributed by atoms with Crippen LogP contribution in [-0.4, -0.2) is 4.98 Å². The average molecular weight is 341 g/mol. The maximum absolute atomic E-state index is 13.8. The van der Waals surface area contributed by atoms with E-state index in [-0.39, 0.29) is 0 Å². The van der Waals surface area contributed by atoms with Crippen LogP contribution in [-0.2, 0) is 12.2 Å². The molecular formula is C20H17F2NS. The van der Waals surface area contributed by atoms with Crippen molar-refractivity contribution in [1.29, 1.82) is 0 Å². The van der Waals surface area contributed by atoms with Gasteiger partial charge in [0, 0.05) is 16.7 Å². The van der Waals surface area contributed by atoms with Gasteiger partial charge >= 0.3 is 0 Å². The summed E-state index contributed by atoms with van der Waals surface area (Å²) in [6.07, 6.45) is 3.66. The van der Waals surface area contributed by atoms with Gasteiger partial charge in [0.1, 0.15) is 0 Å². The minimum absolute atomic E-state index is 0.343. The molecule has 24 heavy (non-hydrogen) atoms. The molecule has 0 radical (unpaired) electrons. The fraction of sp³-hybridized carbons (Fsp3) is 0.150. The summed E-state index contributed by atoms with van der Waals surface area (Å²) in [5.41, 5.74) is 2.46. The summed E-state index contributed by atoms with van der Waals surface area (Å²) in [7, 11) is 0. The number of rotatable bonds is 6. The molecule has 0 bridgehead atoms. The Morgan fingerprint density at radius 2 is 1.88 bits per heavy atom. The molecule has 1 aromatic heterocycles. The maximum Gasteiger partial charge on any atom is 0.162 e. The molecule has 0 saturated heterocycles. The molecule has 4 heteroatoms. The van der Waals surface area contributed by atoms with Crippen LogP contribution < -0.4 is 0 Å². The summed E-state index contributed by atoms with van der Waals surface area (Å²) in [6, 6.07) is 14.3. The first-order chi connectivity index (χ1) is 11.7. The van der Waals surface area contributed by atoms with Crippen LogP contribution in [0.15, 0.2) is 66.2 Å². The van der Waals surface area contributed by atoms with Crippen molar-refractivity contribution in [3.63, 3.8) is 0 Å². The Labute approximate surface area is 144 Å². The van der Waals surface area contributed by atoms with Crippen LogP contribution in [0.5, 0.6) is 0 Å². The Kier molecular flexibility index (Phi) is 5.26. The van der Waals surface area contributed by atoms with E-state index >= 15 is 0 Å². The third-order valence-corrected chi connectivity index (χ3v) is 4.76. The number of para-hydroxylation sites is 1. The highest BCUT2D eigenvalue weighted by Crippen LogP contribution is 2.28. The van der Waals surface area contributed by atoms with Gasteiger partial charge in [-0.15, -0.1) is 18.3 Å². The number of fused-ring (bicyclic) bond motifs is 1. The number of aromatic nitrogens is 1. The second-order valence-corrected chi connectivity index (χ2v) is 6.46. The Balaban J connectivity index is 1.89. The van der Waals surface area contributed by atoms with E-state index in [0.717, 1.165) is 34.8 Å². The number of pyridine rings is 1. The van der Waals surface area contributed by atoms with Gasteiger partial charge in [-0.25, -0.2) is 13.8 Å². The molecule has 1 nitrogen and oxygen atoms in total. The van der Waals surface area contributed by atoms with Crippen LogP contribution in [0.4, 0.5) is 8.78 Å². The third-order valence-electron chi connectivity index (χ3n) is 3.80. The van der Waals surface area contributed by atoms with Gasteiger partial charge in [-0.3, -0.25) is 0 Å². The summed E-state index contributed by atoms with van der Waals surface area (Å²) in [4.78, 5) is 4.63. The molecule has 0 N–H and O–H groups in total. The van der Waals surface area contributed by atoms with Gasteiger partial charge in [-0.05, 0) is 36.6 Å². The molecule has 0 saturated carbocycles. The van der Waals surface area contributed by atoms with Gasteiger partial charge in [0.15, 0.2) is 11.6 Å². The molecule has 0 unspecified atom stereocenters. The second-order valence-electron chi connectivity index (χ2n) is 5.47. The largest absolute Gasteiger partial charge is 0.241 e. The minimum atomic E-state index is -0.814. The van der Waals surface area contributed by atoms with Crippen molar-refractivity contribution in [2.75, 3.05) is 0 Å². The molecule has 122 valence electrons. The van der Waals surface area contributed by atoms with E-state index in [1.165, 1.54) is 23.4 Å². The lowest BCUT2D eigenvalue weighted by Gasteiger charge is -2.09. The second kappa shape index (κ2) is 7.58. The zero-order valence-corrected chi connectivity index (χ0v) is 14.0. The summed E-state index contributed by atoms with van der Waals surface area (Å²) in [5.74, 6) is -1.25. The fourth-order valence-corrected chi connectivity index (χ4v) is 3.49. The standard InChI is InChI=1S/C20H17F2NS/c1-2-3-7-14-12-19(23-18-11-5-4-9-16(14)18)24-13-15-8-6-10-17(21)20(15)22/h2,4-6,8-12H,1,3,7,13H2. The normalized spacial score (nSPS) is 10.9. The van der Waals surface area contributed by atoms with Crippen molar-refractivity contribution < 1.29 is 8.78 Å².